The summed E-state index contributed by atoms with van der Waals surface area (Å²) in [5, 5.41) is 13.7. The summed E-state index contributed by atoms with van der Waals surface area (Å²) in [5.41, 5.74) is 2.31. The monoisotopic (exact) mass is 223 g/mol. The lowest BCUT2D eigenvalue weighted by Crippen LogP contribution is -2.30. The van der Waals surface area contributed by atoms with Gasteiger partial charge in [-0.15, -0.1) is 0 Å². The zero-order chi connectivity index (χ0) is 11.9. The molecule has 88 valence electrons. The van der Waals surface area contributed by atoms with Crippen LogP contribution < -0.4 is 0 Å². The average molecular weight is 223 g/mol. The highest BCUT2D eigenvalue weighted by atomic mass is 16.3. The van der Waals surface area contributed by atoms with Gasteiger partial charge in [0.1, 0.15) is 0 Å². The van der Waals surface area contributed by atoms with Crippen LogP contribution in [0.25, 0.3) is 0 Å². The normalized spacial score (nSPS) is 20.5. The Labute approximate surface area is 94.7 Å². The van der Waals surface area contributed by atoms with Crippen molar-refractivity contribution >= 4 is 5.91 Å². The third-order valence-corrected chi connectivity index (χ3v) is 3.17. The van der Waals surface area contributed by atoms with Crippen LogP contribution in [0.3, 0.4) is 0 Å². The lowest BCUT2D eigenvalue weighted by atomic mass is 10.2. The van der Waals surface area contributed by atoms with Gasteiger partial charge in [-0.3, -0.25) is 9.48 Å². The molecule has 2 heterocycles. The Kier molecular flexibility index (Phi) is 2.71. The largest absolute Gasteiger partial charge is 0.391 e. The van der Waals surface area contributed by atoms with E-state index in [-0.39, 0.29) is 12.0 Å². The lowest BCUT2D eigenvalue weighted by Gasteiger charge is -2.15. The molecule has 0 aliphatic carbocycles. The second kappa shape index (κ2) is 3.90. The summed E-state index contributed by atoms with van der Waals surface area (Å²) < 4.78 is 1.72. The van der Waals surface area contributed by atoms with Gasteiger partial charge in [-0.25, -0.2) is 0 Å². The molecule has 1 aromatic heterocycles. The standard InChI is InChI=1S/C11H17N3O2/c1-7-10(8(2)13(3)12-7)11(16)14-5-4-9(15)6-14/h9,15H,4-6H2,1-3H3. The number of nitrogens with zero attached hydrogens (tertiary/aromatic N) is 3. The van der Waals surface area contributed by atoms with Crippen molar-refractivity contribution in [2.75, 3.05) is 13.1 Å². The van der Waals surface area contributed by atoms with Gasteiger partial charge in [0.25, 0.3) is 5.91 Å². The van der Waals surface area contributed by atoms with Gasteiger partial charge in [0, 0.05) is 25.8 Å². The number of carbonyl (C=O) groups excluding carboxylic acids is 1. The predicted molar refractivity (Wildman–Crippen MR) is 59.2 cm³/mol. The third-order valence-electron chi connectivity index (χ3n) is 3.17. The number of likely N-dealkylation sites (tertiary alicyclic amines) is 1. The highest BCUT2D eigenvalue weighted by Gasteiger charge is 2.28. The molecule has 1 aliphatic heterocycles. The number of amides is 1. The van der Waals surface area contributed by atoms with Crippen LogP contribution >= 0.6 is 0 Å². The zero-order valence-electron chi connectivity index (χ0n) is 9.90. The van der Waals surface area contributed by atoms with Gasteiger partial charge in [0.05, 0.1) is 17.4 Å². The Morgan fingerprint density at radius 3 is 2.62 bits per heavy atom. The average Bonchev–Trinajstić information content (AvgIpc) is 2.73. The van der Waals surface area contributed by atoms with E-state index in [2.05, 4.69) is 5.10 Å². The van der Waals surface area contributed by atoms with E-state index in [0.29, 0.717) is 25.1 Å². The first kappa shape index (κ1) is 11.1. The van der Waals surface area contributed by atoms with Crippen LogP contribution in [0.4, 0.5) is 0 Å². The molecule has 1 aromatic rings. The smallest absolute Gasteiger partial charge is 0.257 e. The van der Waals surface area contributed by atoms with Gasteiger partial charge < -0.3 is 10.0 Å². The molecule has 1 amide bonds. The summed E-state index contributed by atoms with van der Waals surface area (Å²) in [6.07, 6.45) is 0.297. The van der Waals surface area contributed by atoms with Crippen molar-refractivity contribution in [1.29, 1.82) is 0 Å². The molecular weight excluding hydrogens is 206 g/mol. The van der Waals surface area contributed by atoms with Crippen molar-refractivity contribution in [2.45, 2.75) is 26.4 Å². The van der Waals surface area contributed by atoms with Crippen LogP contribution in [0.1, 0.15) is 28.2 Å². The molecule has 5 nitrogen and oxygen atoms in total. The van der Waals surface area contributed by atoms with Crippen molar-refractivity contribution in [1.82, 2.24) is 14.7 Å². The molecule has 0 aromatic carbocycles. The number of aliphatic hydroxyl groups excluding tert-OH is 1. The fraction of sp³-hybridized carbons (Fsp3) is 0.636. The van der Waals surface area contributed by atoms with Gasteiger partial charge in [-0.1, -0.05) is 0 Å². The second-order valence-electron chi connectivity index (χ2n) is 4.36. The summed E-state index contributed by atoms with van der Waals surface area (Å²) in [4.78, 5) is 13.9. The number of aliphatic hydroxyl groups is 1. The summed E-state index contributed by atoms with van der Waals surface area (Å²) in [5.74, 6) is -0.0142. The van der Waals surface area contributed by atoms with Crippen LogP contribution in [0, 0.1) is 13.8 Å². The number of aryl methyl sites for hydroxylation is 2. The molecule has 0 saturated carbocycles. The molecule has 1 saturated heterocycles. The molecule has 2 rings (SSSR count). The molecule has 1 atom stereocenters. The van der Waals surface area contributed by atoms with E-state index >= 15 is 0 Å². The first-order chi connectivity index (χ1) is 7.50. The SMILES string of the molecule is Cc1nn(C)c(C)c1C(=O)N1CCC(O)C1. The number of rotatable bonds is 1. The van der Waals surface area contributed by atoms with E-state index in [1.165, 1.54) is 0 Å². The van der Waals surface area contributed by atoms with Gasteiger partial charge >= 0.3 is 0 Å². The fourth-order valence-electron chi connectivity index (χ4n) is 2.17. The van der Waals surface area contributed by atoms with E-state index in [1.54, 1.807) is 9.58 Å². The maximum atomic E-state index is 12.2. The summed E-state index contributed by atoms with van der Waals surface area (Å²) in [6.45, 7) is 4.80. The first-order valence-electron chi connectivity index (χ1n) is 5.48. The third kappa shape index (κ3) is 1.71. The lowest BCUT2D eigenvalue weighted by molar-refractivity contribution is 0.0763. The van der Waals surface area contributed by atoms with E-state index in [9.17, 15) is 9.90 Å². The molecule has 0 spiro atoms. The van der Waals surface area contributed by atoms with E-state index in [4.69, 9.17) is 0 Å². The van der Waals surface area contributed by atoms with Crippen molar-refractivity contribution in [3.05, 3.63) is 17.0 Å². The van der Waals surface area contributed by atoms with Crippen LogP contribution in [0.2, 0.25) is 0 Å². The van der Waals surface area contributed by atoms with E-state index in [0.717, 1.165) is 11.4 Å². The molecule has 1 aliphatic rings. The predicted octanol–water partition coefficient (Wildman–Crippen LogP) is 0.244. The molecule has 1 fully saturated rings. The van der Waals surface area contributed by atoms with Gasteiger partial charge in [0.2, 0.25) is 0 Å². The van der Waals surface area contributed by atoms with Gasteiger partial charge in [0.15, 0.2) is 0 Å². The maximum Gasteiger partial charge on any atom is 0.257 e. The highest BCUT2D eigenvalue weighted by molar-refractivity contribution is 5.96. The number of β-amino-alcohol motifs (C(OH)–C–C–N with tert-alkyl or cyclic N) is 1. The molecule has 1 N–H and O–H groups in total. The summed E-state index contributed by atoms with van der Waals surface area (Å²) >= 11 is 0. The highest BCUT2D eigenvalue weighted by Crippen LogP contribution is 2.18. The van der Waals surface area contributed by atoms with Crippen LogP contribution in [0.15, 0.2) is 0 Å². The minimum atomic E-state index is -0.374. The van der Waals surface area contributed by atoms with E-state index < -0.39 is 0 Å². The molecule has 0 radical (unpaired) electrons. The Morgan fingerprint density at radius 2 is 2.19 bits per heavy atom. The number of hydrogen-bond acceptors (Lipinski definition) is 3. The summed E-state index contributed by atoms with van der Waals surface area (Å²) in [7, 11) is 1.83. The quantitative estimate of drug-likeness (QED) is 0.742. The maximum absolute atomic E-state index is 12.2. The molecule has 5 heteroatoms. The van der Waals surface area contributed by atoms with Crippen molar-refractivity contribution in [3.8, 4) is 0 Å². The van der Waals surface area contributed by atoms with Crippen LogP contribution in [-0.2, 0) is 7.05 Å². The Bertz CT molecular complexity index is 425. The summed E-state index contributed by atoms with van der Waals surface area (Å²) in [6, 6.07) is 0. The Balaban J connectivity index is 2.27. The number of carbonyl (C=O) groups is 1. The topological polar surface area (TPSA) is 58.4 Å². The first-order valence-corrected chi connectivity index (χ1v) is 5.48. The second-order valence-corrected chi connectivity index (χ2v) is 4.36. The van der Waals surface area contributed by atoms with Crippen molar-refractivity contribution < 1.29 is 9.90 Å². The molecule has 1 unspecified atom stereocenters. The minimum absolute atomic E-state index is 0.0142. The molecule has 0 bridgehead atoms. The van der Waals surface area contributed by atoms with Crippen molar-refractivity contribution in [2.24, 2.45) is 7.05 Å². The molecule has 16 heavy (non-hydrogen) atoms. The zero-order valence-corrected chi connectivity index (χ0v) is 9.90. The fourth-order valence-corrected chi connectivity index (χ4v) is 2.17. The number of hydrogen-bond donors (Lipinski definition) is 1. The van der Waals surface area contributed by atoms with E-state index in [1.807, 2.05) is 20.9 Å². The van der Waals surface area contributed by atoms with Gasteiger partial charge in [-0.05, 0) is 20.3 Å². The van der Waals surface area contributed by atoms with Crippen molar-refractivity contribution in [3.63, 3.8) is 0 Å². The Hall–Kier alpha value is -1.36. The number of aromatic nitrogens is 2. The van der Waals surface area contributed by atoms with Crippen LogP contribution in [0.5, 0.6) is 0 Å². The minimum Gasteiger partial charge on any atom is -0.391 e. The van der Waals surface area contributed by atoms with Gasteiger partial charge in [-0.2, -0.15) is 5.10 Å². The Morgan fingerprint density at radius 1 is 1.50 bits per heavy atom. The van der Waals surface area contributed by atoms with Crippen LogP contribution in [-0.4, -0.2) is 44.9 Å². The molecular formula is C11H17N3O2.